The summed E-state index contributed by atoms with van der Waals surface area (Å²) in [5, 5.41) is 13.6. The lowest BCUT2D eigenvalue weighted by Crippen LogP contribution is -2.07. The highest BCUT2D eigenvalue weighted by Gasteiger charge is 2.18. The quantitative estimate of drug-likeness (QED) is 0.627. The largest absolute Gasteiger partial charge is 0.490 e. The van der Waals surface area contributed by atoms with Crippen LogP contribution in [-0.2, 0) is 0 Å². The topological polar surface area (TPSA) is 64.4 Å². The zero-order valence-corrected chi connectivity index (χ0v) is 10.7. The Labute approximate surface area is 105 Å². The van der Waals surface area contributed by atoms with Crippen molar-refractivity contribution in [1.82, 2.24) is 0 Å². The number of benzene rings is 1. The summed E-state index contributed by atoms with van der Waals surface area (Å²) >= 11 is 0. The Morgan fingerprint density at radius 2 is 2.17 bits per heavy atom. The summed E-state index contributed by atoms with van der Waals surface area (Å²) in [6.07, 6.45) is 0.888. The fourth-order valence-electron chi connectivity index (χ4n) is 1.48. The van der Waals surface area contributed by atoms with Gasteiger partial charge in [-0.25, -0.2) is 4.39 Å². The first-order valence-corrected chi connectivity index (χ1v) is 5.71. The molecule has 0 aromatic heterocycles. The van der Waals surface area contributed by atoms with Gasteiger partial charge in [-0.3, -0.25) is 10.1 Å². The van der Waals surface area contributed by atoms with Crippen LogP contribution in [0.3, 0.4) is 0 Å². The number of nitrogens with zero attached hydrogens (tertiary/aromatic N) is 1. The molecule has 0 saturated heterocycles. The van der Waals surface area contributed by atoms with Crippen molar-refractivity contribution in [2.24, 2.45) is 5.92 Å². The molecule has 0 fully saturated rings. The third-order valence-electron chi connectivity index (χ3n) is 2.50. The summed E-state index contributed by atoms with van der Waals surface area (Å²) < 4.78 is 18.5. The van der Waals surface area contributed by atoms with E-state index in [2.05, 4.69) is 19.2 Å². The van der Waals surface area contributed by atoms with Crippen LogP contribution in [0.1, 0.15) is 20.3 Å². The molecule has 0 bridgehead atoms. The number of methoxy groups -OCH3 is 1. The molecule has 0 atom stereocenters. The van der Waals surface area contributed by atoms with Crippen LogP contribution in [0.2, 0.25) is 0 Å². The maximum absolute atomic E-state index is 13.6. The first-order chi connectivity index (χ1) is 8.45. The predicted molar refractivity (Wildman–Crippen MR) is 67.6 cm³/mol. The minimum absolute atomic E-state index is 0.0495. The van der Waals surface area contributed by atoms with E-state index in [0.29, 0.717) is 12.5 Å². The number of hydrogen-bond acceptors (Lipinski definition) is 4. The molecule has 100 valence electrons. The zero-order valence-electron chi connectivity index (χ0n) is 10.7. The molecule has 0 heterocycles. The van der Waals surface area contributed by atoms with E-state index in [1.165, 1.54) is 13.2 Å². The molecule has 0 radical (unpaired) electrons. The summed E-state index contributed by atoms with van der Waals surface area (Å²) in [6, 6.07) is 2.18. The second-order valence-electron chi connectivity index (χ2n) is 4.37. The van der Waals surface area contributed by atoms with Crippen LogP contribution in [0.5, 0.6) is 5.75 Å². The summed E-state index contributed by atoms with van der Waals surface area (Å²) in [6.45, 7) is 4.73. The number of ether oxygens (including phenoxy) is 1. The number of rotatable bonds is 6. The second kappa shape index (κ2) is 6.18. The molecule has 1 aromatic carbocycles. The molecule has 18 heavy (non-hydrogen) atoms. The molecular formula is C12H17FN2O3. The molecule has 1 aromatic rings. The van der Waals surface area contributed by atoms with Gasteiger partial charge in [0.2, 0.25) is 0 Å². The van der Waals surface area contributed by atoms with Crippen LogP contribution in [0.25, 0.3) is 0 Å². The van der Waals surface area contributed by atoms with Gasteiger partial charge >= 0.3 is 5.69 Å². The minimum Gasteiger partial charge on any atom is -0.490 e. The van der Waals surface area contributed by atoms with Crippen molar-refractivity contribution in [2.75, 3.05) is 19.0 Å². The Balaban J connectivity index is 2.90. The van der Waals surface area contributed by atoms with Gasteiger partial charge in [-0.1, -0.05) is 13.8 Å². The molecule has 0 aliphatic heterocycles. The summed E-state index contributed by atoms with van der Waals surface area (Å²) in [4.78, 5) is 10.0. The Morgan fingerprint density at radius 1 is 1.50 bits per heavy atom. The Kier molecular flexibility index (Phi) is 4.88. The normalized spacial score (nSPS) is 10.5. The summed E-state index contributed by atoms with van der Waals surface area (Å²) in [7, 11) is 1.32. The summed E-state index contributed by atoms with van der Waals surface area (Å²) in [5.41, 5.74) is -0.150. The highest BCUT2D eigenvalue weighted by Crippen LogP contribution is 2.32. The van der Waals surface area contributed by atoms with Crippen LogP contribution < -0.4 is 10.1 Å². The lowest BCUT2D eigenvalue weighted by atomic mass is 10.1. The molecule has 5 nitrogen and oxygen atoms in total. The van der Waals surface area contributed by atoms with Gasteiger partial charge in [0.1, 0.15) is 0 Å². The molecule has 0 spiro atoms. The predicted octanol–water partition coefficient (Wildman–Crippen LogP) is 3.20. The van der Waals surface area contributed by atoms with Crippen molar-refractivity contribution in [1.29, 1.82) is 0 Å². The molecule has 0 unspecified atom stereocenters. The van der Waals surface area contributed by atoms with E-state index in [1.807, 2.05) is 0 Å². The molecule has 0 amide bonds. The highest BCUT2D eigenvalue weighted by molar-refractivity contribution is 5.59. The van der Waals surface area contributed by atoms with Gasteiger partial charge in [-0.05, 0) is 12.3 Å². The van der Waals surface area contributed by atoms with Crippen LogP contribution in [0.4, 0.5) is 15.8 Å². The van der Waals surface area contributed by atoms with Gasteiger partial charge < -0.3 is 10.1 Å². The van der Waals surface area contributed by atoms with E-state index in [1.54, 1.807) is 0 Å². The van der Waals surface area contributed by atoms with Crippen molar-refractivity contribution in [2.45, 2.75) is 20.3 Å². The van der Waals surface area contributed by atoms with Crippen molar-refractivity contribution in [3.05, 3.63) is 28.1 Å². The van der Waals surface area contributed by atoms with E-state index in [4.69, 9.17) is 4.74 Å². The third-order valence-corrected chi connectivity index (χ3v) is 2.50. The van der Waals surface area contributed by atoms with Crippen LogP contribution in [-0.4, -0.2) is 18.6 Å². The van der Waals surface area contributed by atoms with Gasteiger partial charge in [0, 0.05) is 12.6 Å². The van der Waals surface area contributed by atoms with E-state index in [-0.39, 0.29) is 17.1 Å². The monoisotopic (exact) mass is 256 g/mol. The Bertz CT molecular complexity index is 436. The molecule has 0 aliphatic carbocycles. The molecule has 1 rings (SSSR count). The number of nitro groups is 1. The van der Waals surface area contributed by atoms with Gasteiger partial charge in [0.05, 0.1) is 23.8 Å². The smallest absolute Gasteiger partial charge is 0.313 e. The highest BCUT2D eigenvalue weighted by atomic mass is 19.1. The van der Waals surface area contributed by atoms with Gasteiger partial charge in [-0.15, -0.1) is 0 Å². The number of anilines is 1. The zero-order chi connectivity index (χ0) is 13.7. The van der Waals surface area contributed by atoms with Gasteiger partial charge in [0.25, 0.3) is 0 Å². The van der Waals surface area contributed by atoms with E-state index >= 15 is 0 Å². The Hall–Kier alpha value is -1.85. The molecule has 1 N–H and O–H groups in total. The maximum Gasteiger partial charge on any atom is 0.313 e. The average molecular weight is 256 g/mol. The SMILES string of the molecule is COc1cc(NCCC(C)C)c(F)cc1[N+](=O)[O-]. The van der Waals surface area contributed by atoms with Crippen molar-refractivity contribution in [3.63, 3.8) is 0 Å². The maximum atomic E-state index is 13.6. The van der Waals surface area contributed by atoms with E-state index in [9.17, 15) is 14.5 Å². The number of nitrogens with one attached hydrogen (secondary N) is 1. The second-order valence-corrected chi connectivity index (χ2v) is 4.37. The fraction of sp³-hybridized carbons (Fsp3) is 0.500. The molecule has 6 heteroatoms. The van der Waals surface area contributed by atoms with E-state index in [0.717, 1.165) is 12.5 Å². The molecular weight excluding hydrogens is 239 g/mol. The Morgan fingerprint density at radius 3 is 2.67 bits per heavy atom. The minimum atomic E-state index is -0.667. The number of nitro benzene ring substituents is 1. The first kappa shape index (κ1) is 14.2. The number of hydrogen-bond donors (Lipinski definition) is 1. The summed E-state index contributed by atoms with van der Waals surface area (Å²) in [5.74, 6) is -0.0970. The lowest BCUT2D eigenvalue weighted by molar-refractivity contribution is -0.385. The van der Waals surface area contributed by atoms with Crippen LogP contribution in [0.15, 0.2) is 12.1 Å². The van der Waals surface area contributed by atoms with Gasteiger partial charge in [-0.2, -0.15) is 0 Å². The molecule has 0 saturated carbocycles. The standard InChI is InChI=1S/C12H17FN2O3/c1-8(2)4-5-14-10-7-12(18-3)11(15(16)17)6-9(10)13/h6-8,14H,4-5H2,1-3H3. The molecule has 0 aliphatic rings. The fourth-order valence-corrected chi connectivity index (χ4v) is 1.48. The van der Waals surface area contributed by atoms with Crippen LogP contribution in [0, 0.1) is 21.8 Å². The van der Waals surface area contributed by atoms with Crippen molar-refractivity contribution in [3.8, 4) is 5.75 Å². The average Bonchev–Trinajstić information content (AvgIpc) is 2.30. The van der Waals surface area contributed by atoms with Gasteiger partial charge in [0.15, 0.2) is 11.6 Å². The first-order valence-electron chi connectivity index (χ1n) is 5.71. The van der Waals surface area contributed by atoms with E-state index < -0.39 is 10.7 Å². The van der Waals surface area contributed by atoms with Crippen molar-refractivity contribution < 1.29 is 14.1 Å². The van der Waals surface area contributed by atoms with Crippen molar-refractivity contribution >= 4 is 11.4 Å². The third kappa shape index (κ3) is 3.58. The lowest BCUT2D eigenvalue weighted by Gasteiger charge is -2.10. The van der Waals surface area contributed by atoms with Crippen LogP contribution >= 0.6 is 0 Å². The number of halogens is 1.